The van der Waals surface area contributed by atoms with Crippen molar-refractivity contribution in [1.82, 2.24) is 4.90 Å². The van der Waals surface area contributed by atoms with Crippen LogP contribution in [0.1, 0.15) is 61.6 Å². The van der Waals surface area contributed by atoms with Crippen LogP contribution in [0, 0.1) is 24.7 Å². The summed E-state index contributed by atoms with van der Waals surface area (Å²) in [7, 11) is 3.00. The Kier molecular flexibility index (Phi) is 7.02. The first-order chi connectivity index (χ1) is 19.2. The maximum Gasteiger partial charge on any atom is 0.309 e. The summed E-state index contributed by atoms with van der Waals surface area (Å²) in [6, 6.07) is 1.63. The maximum atomic E-state index is 14.3. The summed E-state index contributed by atoms with van der Waals surface area (Å²) in [4.78, 5) is 55.3. The molecular weight excluding hydrogens is 532 g/mol. The highest BCUT2D eigenvalue weighted by Crippen LogP contribution is 2.57. The standard InChI is InChI=1S/C30H36N2O9/c1-12-10-11-15(33)18-16(12)13(2)17-19(23(18)34)26(36)30(40)21(25(17)41-29(39)14-8-6-5-7-9-14)22(32(3)4)24(35)20(27(30)37)28(31)38/h10-11,13-14,17,21-22,25,33-34,37,40H,5-9H2,1-4H3,(H2,31,38). The average molecular weight is 569 g/mol. The van der Waals surface area contributed by atoms with Gasteiger partial charge in [-0.1, -0.05) is 32.3 Å². The Morgan fingerprint density at radius 2 is 1.71 bits per heavy atom. The van der Waals surface area contributed by atoms with Crippen molar-refractivity contribution < 1.29 is 44.3 Å². The van der Waals surface area contributed by atoms with Crippen molar-refractivity contribution in [1.29, 1.82) is 0 Å². The number of primary amides is 1. The van der Waals surface area contributed by atoms with E-state index in [-0.39, 0.29) is 16.9 Å². The number of fused-ring (bicyclic) bond motifs is 3. The van der Waals surface area contributed by atoms with E-state index in [1.165, 1.54) is 25.1 Å². The summed E-state index contributed by atoms with van der Waals surface area (Å²) >= 11 is 0. The van der Waals surface area contributed by atoms with Crippen molar-refractivity contribution in [2.24, 2.45) is 23.5 Å². The molecule has 1 amide bonds. The number of rotatable bonds is 4. The minimum atomic E-state index is -2.94. The number of aryl methyl sites for hydroxylation is 1. The fourth-order valence-electron chi connectivity index (χ4n) is 7.60. The summed E-state index contributed by atoms with van der Waals surface area (Å²) in [5.74, 6) is -9.84. The third kappa shape index (κ3) is 4.00. The van der Waals surface area contributed by atoms with Crippen LogP contribution < -0.4 is 5.73 Å². The van der Waals surface area contributed by atoms with E-state index in [9.17, 15) is 39.6 Å². The first-order valence-electron chi connectivity index (χ1n) is 13.9. The van der Waals surface area contributed by atoms with Gasteiger partial charge in [0.25, 0.3) is 5.91 Å². The number of esters is 1. The number of carbonyl (C=O) groups excluding carboxylic acids is 4. The number of Topliss-reactive ketones (excluding diaryl/α,β-unsaturated/α-hetero) is 2. The van der Waals surface area contributed by atoms with E-state index in [0.717, 1.165) is 19.3 Å². The van der Waals surface area contributed by atoms with Crippen molar-refractivity contribution in [3.8, 4) is 5.75 Å². The number of aliphatic hydroxyl groups is 3. The monoisotopic (exact) mass is 568 g/mol. The molecular formula is C30H36N2O9. The number of aromatic hydroxyl groups is 1. The summed E-state index contributed by atoms with van der Waals surface area (Å²) < 4.78 is 6.17. The van der Waals surface area contributed by atoms with Gasteiger partial charge in [0.05, 0.1) is 23.4 Å². The molecule has 4 aliphatic carbocycles. The topological polar surface area (TPSA) is 188 Å². The molecule has 6 N–H and O–H groups in total. The molecule has 220 valence electrons. The first kappa shape index (κ1) is 28.8. The molecule has 0 bridgehead atoms. The Morgan fingerprint density at radius 3 is 2.29 bits per heavy atom. The lowest BCUT2D eigenvalue weighted by Crippen LogP contribution is -2.71. The van der Waals surface area contributed by atoms with Gasteiger partial charge in [-0.25, -0.2) is 0 Å². The Labute approximate surface area is 237 Å². The summed E-state index contributed by atoms with van der Waals surface area (Å²) in [6.45, 7) is 3.53. The number of ether oxygens (including phenoxy) is 1. The molecule has 0 spiro atoms. The predicted octanol–water partition coefficient (Wildman–Crippen LogP) is 1.94. The number of ketones is 2. The zero-order chi connectivity index (χ0) is 30.1. The number of hydrogen-bond donors (Lipinski definition) is 5. The Balaban J connectivity index is 1.81. The molecule has 0 aliphatic heterocycles. The zero-order valence-corrected chi connectivity index (χ0v) is 23.5. The second-order valence-corrected chi connectivity index (χ2v) is 12.0. The molecule has 2 saturated carbocycles. The Hall–Kier alpha value is -3.70. The van der Waals surface area contributed by atoms with Gasteiger partial charge in [-0.15, -0.1) is 0 Å². The summed E-state index contributed by atoms with van der Waals surface area (Å²) in [6.07, 6.45) is 2.45. The van der Waals surface area contributed by atoms with Crippen LogP contribution in [0.15, 0.2) is 29.0 Å². The van der Waals surface area contributed by atoms with Gasteiger partial charge in [0, 0.05) is 11.5 Å². The van der Waals surface area contributed by atoms with Crippen LogP contribution >= 0.6 is 0 Å². The van der Waals surface area contributed by atoms with Gasteiger partial charge in [-0.2, -0.15) is 0 Å². The van der Waals surface area contributed by atoms with Crippen LogP contribution in [0.3, 0.4) is 0 Å². The second kappa shape index (κ2) is 9.99. The Bertz CT molecular complexity index is 1420. The number of nitrogens with zero attached hydrogens (tertiary/aromatic N) is 1. The molecule has 0 heterocycles. The SMILES string of the molecule is Cc1ccc(O)c2c1C(C)C1C(=C2O)C(=O)C2(O)C(O)=C(C(N)=O)C(=O)C(N(C)C)C2C1OC(=O)C1CCCCC1. The largest absolute Gasteiger partial charge is 0.508 e. The zero-order valence-electron chi connectivity index (χ0n) is 23.5. The van der Waals surface area contributed by atoms with Crippen LogP contribution in [0.5, 0.6) is 5.75 Å². The van der Waals surface area contributed by atoms with Crippen LogP contribution in [0.4, 0.5) is 0 Å². The van der Waals surface area contributed by atoms with E-state index >= 15 is 0 Å². The van der Waals surface area contributed by atoms with Crippen molar-refractivity contribution in [3.63, 3.8) is 0 Å². The lowest BCUT2D eigenvalue weighted by atomic mass is 9.54. The van der Waals surface area contributed by atoms with E-state index in [1.54, 1.807) is 19.9 Å². The Morgan fingerprint density at radius 1 is 1.07 bits per heavy atom. The number of phenolic OH excluding ortho intramolecular Hbond substituents is 1. The molecule has 1 aromatic carbocycles. The first-order valence-corrected chi connectivity index (χ1v) is 13.9. The van der Waals surface area contributed by atoms with Crippen LogP contribution in [-0.4, -0.2) is 80.6 Å². The lowest BCUT2D eigenvalue weighted by Gasteiger charge is -2.54. The quantitative estimate of drug-likeness (QED) is 0.265. The maximum absolute atomic E-state index is 14.3. The molecule has 5 rings (SSSR count). The van der Waals surface area contributed by atoms with Gasteiger partial charge >= 0.3 is 5.97 Å². The minimum absolute atomic E-state index is 0.00820. The van der Waals surface area contributed by atoms with Crippen LogP contribution in [0.25, 0.3) is 5.76 Å². The molecule has 2 fully saturated rings. The predicted molar refractivity (Wildman–Crippen MR) is 146 cm³/mol. The molecule has 11 heteroatoms. The van der Waals surface area contributed by atoms with Crippen LogP contribution in [0.2, 0.25) is 0 Å². The van der Waals surface area contributed by atoms with Crippen molar-refractivity contribution in [3.05, 3.63) is 45.7 Å². The highest BCUT2D eigenvalue weighted by atomic mass is 16.5. The molecule has 4 aliphatic rings. The van der Waals surface area contributed by atoms with Crippen molar-refractivity contribution >= 4 is 29.2 Å². The molecule has 0 aromatic heterocycles. The molecule has 0 saturated heterocycles. The third-order valence-electron chi connectivity index (χ3n) is 9.49. The molecule has 1 aromatic rings. The number of amides is 1. The number of carbonyl (C=O) groups is 4. The minimum Gasteiger partial charge on any atom is -0.508 e. The fourth-order valence-corrected chi connectivity index (χ4v) is 7.60. The third-order valence-corrected chi connectivity index (χ3v) is 9.49. The lowest BCUT2D eigenvalue weighted by molar-refractivity contribution is -0.188. The molecule has 41 heavy (non-hydrogen) atoms. The van der Waals surface area contributed by atoms with E-state index < -0.39 is 82.0 Å². The van der Waals surface area contributed by atoms with Gasteiger partial charge < -0.3 is 30.9 Å². The van der Waals surface area contributed by atoms with Crippen LogP contribution in [-0.2, 0) is 23.9 Å². The smallest absolute Gasteiger partial charge is 0.309 e. The number of aliphatic hydroxyl groups excluding tert-OH is 2. The van der Waals surface area contributed by atoms with Gasteiger partial charge in [0.2, 0.25) is 5.78 Å². The van der Waals surface area contributed by atoms with Crippen molar-refractivity contribution in [2.45, 2.75) is 69.6 Å². The van der Waals surface area contributed by atoms with Gasteiger partial charge in [-0.3, -0.25) is 24.1 Å². The van der Waals surface area contributed by atoms with E-state index in [0.29, 0.717) is 24.0 Å². The normalized spacial score (nSPS) is 32.0. The number of phenols is 1. The van der Waals surface area contributed by atoms with Gasteiger partial charge in [0.15, 0.2) is 11.4 Å². The number of nitrogens with two attached hydrogens (primary N) is 1. The number of hydrogen-bond acceptors (Lipinski definition) is 10. The number of likely N-dealkylation sites (N-methyl/N-ethyl adjacent to an activating group) is 1. The summed E-state index contributed by atoms with van der Waals surface area (Å²) in [5.41, 5.74) is 2.40. The van der Waals surface area contributed by atoms with E-state index in [2.05, 4.69) is 0 Å². The molecule has 0 radical (unpaired) electrons. The average Bonchev–Trinajstić information content (AvgIpc) is 2.91. The highest BCUT2D eigenvalue weighted by molar-refractivity contribution is 6.24. The fraction of sp³-hybridized carbons (Fsp3) is 0.533. The van der Waals surface area contributed by atoms with Gasteiger partial charge in [0.1, 0.15) is 28.9 Å². The molecule has 6 atom stereocenters. The second-order valence-electron chi connectivity index (χ2n) is 12.0. The number of benzene rings is 1. The van der Waals surface area contributed by atoms with Crippen molar-refractivity contribution in [2.75, 3.05) is 14.1 Å². The van der Waals surface area contributed by atoms with E-state index in [1.807, 2.05) is 0 Å². The summed E-state index contributed by atoms with van der Waals surface area (Å²) in [5, 5.41) is 45.6. The highest BCUT2D eigenvalue weighted by Gasteiger charge is 2.69. The molecule has 6 unspecified atom stereocenters. The molecule has 11 nitrogen and oxygen atoms in total. The van der Waals surface area contributed by atoms with Gasteiger partial charge in [-0.05, 0) is 57.0 Å². The van der Waals surface area contributed by atoms with E-state index in [4.69, 9.17) is 10.5 Å².